The van der Waals surface area contributed by atoms with Gasteiger partial charge in [0.1, 0.15) is 17.6 Å². The minimum atomic E-state index is -0.115. The highest BCUT2D eigenvalue weighted by Crippen LogP contribution is 2.40. The van der Waals surface area contributed by atoms with Crippen LogP contribution in [0.25, 0.3) is 11.3 Å². The molecule has 0 saturated heterocycles. The van der Waals surface area contributed by atoms with Gasteiger partial charge in [0, 0.05) is 22.0 Å². The van der Waals surface area contributed by atoms with Crippen molar-refractivity contribution in [1.29, 1.82) is 0 Å². The van der Waals surface area contributed by atoms with Crippen molar-refractivity contribution < 1.29 is 4.42 Å². The van der Waals surface area contributed by atoms with Crippen LogP contribution in [0.3, 0.4) is 0 Å². The van der Waals surface area contributed by atoms with Crippen LogP contribution in [0.1, 0.15) is 29.3 Å². The van der Waals surface area contributed by atoms with Gasteiger partial charge in [-0.1, -0.05) is 71.2 Å². The van der Waals surface area contributed by atoms with Crippen LogP contribution in [0, 0.1) is 6.92 Å². The summed E-state index contributed by atoms with van der Waals surface area (Å²) in [4.78, 5) is 0. The minimum absolute atomic E-state index is 0.115. The molecule has 32 heavy (non-hydrogen) atoms. The van der Waals surface area contributed by atoms with Gasteiger partial charge in [0.15, 0.2) is 0 Å². The first-order chi connectivity index (χ1) is 15.5. The number of hydrogen-bond donors (Lipinski definition) is 0. The van der Waals surface area contributed by atoms with Crippen LogP contribution in [-0.4, -0.2) is 5.71 Å². The highest BCUT2D eigenvalue weighted by molar-refractivity contribution is 6.35. The van der Waals surface area contributed by atoms with Gasteiger partial charge in [-0.25, -0.2) is 0 Å². The molecule has 0 aliphatic carbocycles. The van der Waals surface area contributed by atoms with Crippen LogP contribution in [0.4, 0.5) is 5.69 Å². The molecule has 2 heterocycles. The normalized spacial score (nSPS) is 15.8. The fraction of sp³-hybridized carbons (Fsp3) is 0.115. The smallest absolute Gasteiger partial charge is 0.135 e. The average Bonchev–Trinajstić information content (AvgIpc) is 3.45. The van der Waals surface area contributed by atoms with Crippen LogP contribution < -0.4 is 5.01 Å². The van der Waals surface area contributed by atoms with Crippen molar-refractivity contribution in [3.05, 3.63) is 111 Å². The molecule has 3 aromatic carbocycles. The summed E-state index contributed by atoms with van der Waals surface area (Å²) in [5.41, 5.74) is 4.77. The summed E-state index contributed by atoms with van der Waals surface area (Å²) in [5.74, 6) is 1.46. The molecule has 4 aromatic rings. The third-order valence-corrected chi connectivity index (χ3v) is 6.56. The van der Waals surface area contributed by atoms with E-state index in [9.17, 15) is 0 Å². The summed E-state index contributed by atoms with van der Waals surface area (Å²) in [6, 6.07) is 25.3. The second-order valence-electron chi connectivity index (χ2n) is 7.74. The number of hydrogen-bond acceptors (Lipinski definition) is 3. The fourth-order valence-electron chi connectivity index (χ4n) is 3.86. The molecule has 0 radical (unpaired) electrons. The number of nitrogens with zero attached hydrogens (tertiary/aromatic N) is 2. The minimum Gasteiger partial charge on any atom is -0.459 e. The van der Waals surface area contributed by atoms with E-state index < -0.39 is 0 Å². The molecule has 0 N–H and O–H groups in total. The van der Waals surface area contributed by atoms with E-state index >= 15 is 0 Å². The van der Waals surface area contributed by atoms with E-state index in [1.807, 2.05) is 66.5 Å². The Morgan fingerprint density at radius 2 is 1.69 bits per heavy atom. The van der Waals surface area contributed by atoms with Gasteiger partial charge in [0.05, 0.1) is 16.4 Å². The first-order valence-corrected chi connectivity index (χ1v) is 11.4. The van der Waals surface area contributed by atoms with Crippen LogP contribution in [0.15, 0.2) is 88.4 Å². The van der Waals surface area contributed by atoms with E-state index in [0.717, 1.165) is 33.8 Å². The Kier molecular flexibility index (Phi) is 5.73. The summed E-state index contributed by atoms with van der Waals surface area (Å²) in [6.45, 7) is 1.99. The van der Waals surface area contributed by atoms with Gasteiger partial charge in [-0.05, 0) is 60.5 Å². The van der Waals surface area contributed by atoms with Crippen molar-refractivity contribution in [2.45, 2.75) is 19.4 Å². The van der Waals surface area contributed by atoms with Crippen LogP contribution in [0.5, 0.6) is 0 Å². The average molecular weight is 482 g/mol. The molecule has 0 spiro atoms. The lowest BCUT2D eigenvalue weighted by atomic mass is 10.0. The zero-order valence-corrected chi connectivity index (χ0v) is 19.5. The predicted octanol–water partition coefficient (Wildman–Crippen LogP) is 8.57. The Hall–Kier alpha value is -2.72. The Balaban J connectivity index is 1.55. The van der Waals surface area contributed by atoms with Gasteiger partial charge in [-0.3, -0.25) is 5.01 Å². The lowest BCUT2D eigenvalue weighted by Crippen LogP contribution is -2.18. The maximum Gasteiger partial charge on any atom is 0.135 e. The second-order valence-corrected chi connectivity index (χ2v) is 8.99. The fourth-order valence-corrected chi connectivity index (χ4v) is 4.42. The topological polar surface area (TPSA) is 28.7 Å². The Morgan fingerprint density at radius 1 is 0.875 bits per heavy atom. The van der Waals surface area contributed by atoms with Crippen LogP contribution in [-0.2, 0) is 0 Å². The number of aryl methyl sites for hydroxylation is 1. The van der Waals surface area contributed by atoms with Crippen LogP contribution in [0.2, 0.25) is 15.1 Å². The van der Waals surface area contributed by atoms with Crippen molar-refractivity contribution >= 4 is 46.2 Å². The SMILES string of the molecule is Cc1ccc(N2N=C(c3ccccc3)CC2c2ccc(-c3cc(Cl)ccc3Cl)o2)cc1Cl. The molecule has 0 fully saturated rings. The maximum atomic E-state index is 6.43. The summed E-state index contributed by atoms with van der Waals surface area (Å²) >= 11 is 19.0. The van der Waals surface area contributed by atoms with E-state index in [4.69, 9.17) is 44.3 Å². The third kappa shape index (κ3) is 4.04. The van der Waals surface area contributed by atoms with E-state index in [2.05, 4.69) is 12.1 Å². The number of rotatable bonds is 4. The molecule has 0 saturated carbocycles. The molecule has 1 atom stereocenters. The predicted molar refractivity (Wildman–Crippen MR) is 133 cm³/mol. The lowest BCUT2D eigenvalue weighted by molar-refractivity contribution is 0.475. The molecule has 5 rings (SSSR count). The van der Waals surface area contributed by atoms with E-state index in [0.29, 0.717) is 27.2 Å². The van der Waals surface area contributed by atoms with E-state index in [-0.39, 0.29) is 6.04 Å². The van der Waals surface area contributed by atoms with Gasteiger partial charge >= 0.3 is 0 Å². The number of furan rings is 1. The quantitative estimate of drug-likeness (QED) is 0.292. The van der Waals surface area contributed by atoms with Gasteiger partial charge in [-0.2, -0.15) is 5.10 Å². The van der Waals surface area contributed by atoms with Crippen molar-refractivity contribution in [1.82, 2.24) is 0 Å². The second kappa shape index (κ2) is 8.67. The van der Waals surface area contributed by atoms with E-state index in [1.165, 1.54) is 0 Å². The third-order valence-electron chi connectivity index (χ3n) is 5.59. The molecular formula is C26H19Cl3N2O. The summed E-state index contributed by atoms with van der Waals surface area (Å²) in [7, 11) is 0. The Bertz CT molecular complexity index is 1310. The zero-order chi connectivity index (χ0) is 22.2. The Labute approximate surface area is 201 Å². The maximum absolute atomic E-state index is 6.43. The van der Waals surface area contributed by atoms with Gasteiger partial charge in [0.2, 0.25) is 0 Å². The molecule has 3 nitrogen and oxygen atoms in total. The Morgan fingerprint density at radius 3 is 2.47 bits per heavy atom. The first kappa shape index (κ1) is 21.1. The van der Waals surface area contributed by atoms with Crippen molar-refractivity contribution in [2.75, 3.05) is 5.01 Å². The van der Waals surface area contributed by atoms with Gasteiger partial charge in [-0.15, -0.1) is 0 Å². The molecule has 1 unspecified atom stereocenters. The van der Waals surface area contributed by atoms with Crippen LogP contribution >= 0.6 is 34.8 Å². The summed E-state index contributed by atoms with van der Waals surface area (Å²) in [5, 5.41) is 8.83. The molecule has 0 amide bonds. The standard InChI is InChI=1S/C26H19Cl3N2O/c1-16-7-9-19(14-22(16)29)31-24(15-23(30-31)17-5-3-2-4-6-17)26-12-11-25(32-26)20-13-18(27)8-10-21(20)28/h2-14,24H,15H2,1H3. The van der Waals surface area contributed by atoms with E-state index in [1.54, 1.807) is 12.1 Å². The molecule has 0 bridgehead atoms. The molecule has 1 aliphatic rings. The van der Waals surface area contributed by atoms with Gasteiger partial charge in [0.25, 0.3) is 0 Å². The number of hydrazone groups is 1. The molecule has 1 aromatic heterocycles. The highest BCUT2D eigenvalue weighted by atomic mass is 35.5. The first-order valence-electron chi connectivity index (χ1n) is 10.2. The lowest BCUT2D eigenvalue weighted by Gasteiger charge is -2.22. The molecule has 6 heteroatoms. The molecule has 160 valence electrons. The molecule has 1 aliphatic heterocycles. The molecular weight excluding hydrogens is 463 g/mol. The van der Waals surface area contributed by atoms with Crippen molar-refractivity contribution in [3.63, 3.8) is 0 Å². The summed E-state index contributed by atoms with van der Waals surface area (Å²) < 4.78 is 6.29. The summed E-state index contributed by atoms with van der Waals surface area (Å²) in [6.07, 6.45) is 0.700. The van der Waals surface area contributed by atoms with Gasteiger partial charge < -0.3 is 4.42 Å². The number of anilines is 1. The largest absolute Gasteiger partial charge is 0.459 e. The van der Waals surface area contributed by atoms with Crippen molar-refractivity contribution in [3.8, 4) is 11.3 Å². The zero-order valence-electron chi connectivity index (χ0n) is 17.2. The van der Waals surface area contributed by atoms with Crippen molar-refractivity contribution in [2.24, 2.45) is 5.10 Å². The highest BCUT2D eigenvalue weighted by Gasteiger charge is 2.32. The number of halogens is 3. The number of benzene rings is 3. The monoisotopic (exact) mass is 480 g/mol.